The smallest absolute Gasteiger partial charge is 0.350 e. The lowest BCUT2D eigenvalue weighted by Crippen LogP contribution is -2.24. The molecule has 1 aliphatic carbocycles. The first-order chi connectivity index (χ1) is 9.10. The first kappa shape index (κ1) is 14.2. The molecular weight excluding hydrogens is 260 g/mol. The number of thiophene rings is 1. The van der Waals surface area contributed by atoms with Crippen LogP contribution >= 0.6 is 11.3 Å². The minimum Gasteiger partial charge on any atom is -0.462 e. The fourth-order valence-corrected chi connectivity index (χ4v) is 3.39. The van der Waals surface area contributed by atoms with Crippen LogP contribution in [-0.4, -0.2) is 18.6 Å². The van der Waals surface area contributed by atoms with Gasteiger partial charge in [-0.1, -0.05) is 6.92 Å². The maximum absolute atomic E-state index is 11.7. The van der Waals surface area contributed by atoms with Gasteiger partial charge >= 0.3 is 5.97 Å². The van der Waals surface area contributed by atoms with Crippen LogP contribution in [0.1, 0.15) is 49.2 Å². The standard InChI is InChI=1S/C14H22N2O2S/c1-3-18-14(17)13-11(15)8-12(19-13)16-10-6-4-9(2)5-7-10/h8-10,16H,3-7,15H2,1-2H3. The molecule has 3 N–H and O–H groups in total. The summed E-state index contributed by atoms with van der Waals surface area (Å²) in [6.45, 7) is 4.47. The monoisotopic (exact) mass is 282 g/mol. The number of nitrogen functional groups attached to an aromatic ring is 1. The van der Waals surface area contributed by atoms with E-state index in [9.17, 15) is 4.79 Å². The lowest BCUT2D eigenvalue weighted by molar-refractivity contribution is 0.0533. The SMILES string of the molecule is CCOC(=O)c1sc(NC2CCC(C)CC2)cc1N. The maximum atomic E-state index is 11.7. The molecule has 1 aliphatic rings. The summed E-state index contributed by atoms with van der Waals surface area (Å²) in [5, 5.41) is 4.46. The topological polar surface area (TPSA) is 64.3 Å². The molecular formula is C14H22N2O2S. The second-order valence-corrected chi connectivity index (χ2v) is 6.27. The molecule has 106 valence electrons. The molecule has 0 amide bonds. The predicted molar refractivity (Wildman–Crippen MR) is 79.7 cm³/mol. The van der Waals surface area contributed by atoms with Gasteiger partial charge < -0.3 is 15.8 Å². The summed E-state index contributed by atoms with van der Waals surface area (Å²) in [6, 6.07) is 2.35. The van der Waals surface area contributed by atoms with Crippen molar-refractivity contribution in [1.82, 2.24) is 0 Å². The maximum Gasteiger partial charge on any atom is 0.350 e. The molecule has 0 aliphatic heterocycles. The van der Waals surface area contributed by atoms with E-state index < -0.39 is 0 Å². The highest BCUT2D eigenvalue weighted by Gasteiger charge is 2.20. The molecule has 5 heteroatoms. The molecule has 1 fully saturated rings. The highest BCUT2D eigenvalue weighted by molar-refractivity contribution is 7.18. The molecule has 19 heavy (non-hydrogen) atoms. The molecule has 0 aromatic carbocycles. The number of ether oxygens (including phenoxy) is 1. The first-order valence-electron chi connectivity index (χ1n) is 6.93. The second-order valence-electron chi connectivity index (χ2n) is 5.22. The van der Waals surface area contributed by atoms with Gasteiger partial charge in [0.25, 0.3) is 0 Å². The Hall–Kier alpha value is -1.23. The fourth-order valence-electron chi connectivity index (χ4n) is 2.44. The van der Waals surface area contributed by atoms with Crippen LogP contribution in [0, 0.1) is 5.92 Å². The fraction of sp³-hybridized carbons (Fsp3) is 0.643. The minimum atomic E-state index is -0.324. The summed E-state index contributed by atoms with van der Waals surface area (Å²) in [5.41, 5.74) is 6.38. The number of rotatable bonds is 4. The van der Waals surface area contributed by atoms with Gasteiger partial charge in [-0.25, -0.2) is 4.79 Å². The Morgan fingerprint density at radius 1 is 1.47 bits per heavy atom. The van der Waals surface area contributed by atoms with Crippen LogP contribution in [0.15, 0.2) is 6.07 Å². The van der Waals surface area contributed by atoms with Crippen molar-refractivity contribution in [3.63, 3.8) is 0 Å². The van der Waals surface area contributed by atoms with Gasteiger partial charge in [0.15, 0.2) is 0 Å². The number of nitrogens with two attached hydrogens (primary N) is 1. The lowest BCUT2D eigenvalue weighted by Gasteiger charge is -2.27. The van der Waals surface area contributed by atoms with E-state index in [1.54, 1.807) is 6.92 Å². The first-order valence-corrected chi connectivity index (χ1v) is 7.74. The number of anilines is 2. The summed E-state index contributed by atoms with van der Waals surface area (Å²) in [6.07, 6.45) is 4.91. The average molecular weight is 282 g/mol. The van der Waals surface area contributed by atoms with Crippen molar-refractivity contribution in [1.29, 1.82) is 0 Å². The molecule has 2 rings (SSSR count). The number of esters is 1. The van der Waals surface area contributed by atoms with Crippen LogP contribution < -0.4 is 11.1 Å². The summed E-state index contributed by atoms with van der Waals surface area (Å²) in [5.74, 6) is 0.511. The Morgan fingerprint density at radius 3 is 2.79 bits per heavy atom. The second kappa shape index (κ2) is 6.28. The predicted octanol–water partition coefficient (Wildman–Crippen LogP) is 3.50. The van der Waals surface area contributed by atoms with Gasteiger partial charge in [-0.15, -0.1) is 11.3 Å². The zero-order chi connectivity index (χ0) is 13.8. The zero-order valence-corrected chi connectivity index (χ0v) is 12.4. The molecule has 0 saturated heterocycles. The van der Waals surface area contributed by atoms with Crippen molar-refractivity contribution in [2.45, 2.75) is 45.6 Å². The van der Waals surface area contributed by atoms with E-state index in [4.69, 9.17) is 10.5 Å². The summed E-state index contributed by atoms with van der Waals surface area (Å²) >= 11 is 1.39. The molecule has 0 unspecified atom stereocenters. The lowest BCUT2D eigenvalue weighted by atomic mass is 9.87. The van der Waals surface area contributed by atoms with Gasteiger partial charge in [0.2, 0.25) is 0 Å². The van der Waals surface area contributed by atoms with E-state index >= 15 is 0 Å². The third kappa shape index (κ3) is 3.62. The van der Waals surface area contributed by atoms with E-state index in [1.165, 1.54) is 37.0 Å². The van der Waals surface area contributed by atoms with E-state index in [-0.39, 0.29) is 5.97 Å². The van der Waals surface area contributed by atoms with Crippen LogP contribution in [0.3, 0.4) is 0 Å². The van der Waals surface area contributed by atoms with Gasteiger partial charge in [0.05, 0.1) is 17.3 Å². The normalized spacial score (nSPS) is 23.1. The van der Waals surface area contributed by atoms with Crippen LogP contribution in [-0.2, 0) is 4.74 Å². The van der Waals surface area contributed by atoms with Gasteiger partial charge in [0.1, 0.15) is 4.88 Å². The highest BCUT2D eigenvalue weighted by atomic mass is 32.1. The van der Waals surface area contributed by atoms with Gasteiger partial charge in [-0.05, 0) is 44.6 Å². The van der Waals surface area contributed by atoms with Crippen molar-refractivity contribution in [3.05, 3.63) is 10.9 Å². The third-order valence-electron chi connectivity index (χ3n) is 3.58. The van der Waals surface area contributed by atoms with Gasteiger partial charge in [-0.3, -0.25) is 0 Å². The molecule has 1 aromatic heterocycles. The molecule has 0 spiro atoms. The Morgan fingerprint density at radius 2 is 2.16 bits per heavy atom. The summed E-state index contributed by atoms with van der Waals surface area (Å²) in [4.78, 5) is 12.2. The Balaban J connectivity index is 1.98. The van der Waals surface area contributed by atoms with Crippen molar-refractivity contribution in [2.75, 3.05) is 17.7 Å². The largest absolute Gasteiger partial charge is 0.462 e. The number of carbonyl (C=O) groups excluding carboxylic acids is 1. The van der Waals surface area contributed by atoms with Crippen LogP contribution in [0.5, 0.6) is 0 Å². The number of hydrogen-bond acceptors (Lipinski definition) is 5. The molecule has 0 radical (unpaired) electrons. The quantitative estimate of drug-likeness (QED) is 0.830. The number of carbonyl (C=O) groups is 1. The third-order valence-corrected chi connectivity index (χ3v) is 4.65. The zero-order valence-electron chi connectivity index (χ0n) is 11.6. The summed E-state index contributed by atoms with van der Waals surface area (Å²) < 4.78 is 4.99. The van der Waals surface area contributed by atoms with Crippen LogP contribution in [0.4, 0.5) is 10.7 Å². The molecule has 1 aromatic rings. The molecule has 1 heterocycles. The number of nitrogens with one attached hydrogen (secondary N) is 1. The van der Waals surface area contributed by atoms with Crippen molar-refractivity contribution in [3.8, 4) is 0 Å². The minimum absolute atomic E-state index is 0.324. The van der Waals surface area contributed by atoms with E-state index in [1.807, 2.05) is 6.07 Å². The van der Waals surface area contributed by atoms with E-state index in [0.29, 0.717) is 23.2 Å². The highest BCUT2D eigenvalue weighted by Crippen LogP contribution is 2.33. The van der Waals surface area contributed by atoms with E-state index in [2.05, 4.69) is 12.2 Å². The molecule has 1 saturated carbocycles. The Labute approximate surface area is 118 Å². The molecule has 0 bridgehead atoms. The van der Waals surface area contributed by atoms with Gasteiger partial charge in [0, 0.05) is 6.04 Å². The number of hydrogen-bond donors (Lipinski definition) is 2. The van der Waals surface area contributed by atoms with Gasteiger partial charge in [-0.2, -0.15) is 0 Å². The van der Waals surface area contributed by atoms with E-state index in [0.717, 1.165) is 10.9 Å². The van der Waals surface area contributed by atoms with Crippen LogP contribution in [0.25, 0.3) is 0 Å². The summed E-state index contributed by atoms with van der Waals surface area (Å²) in [7, 11) is 0. The van der Waals surface area contributed by atoms with Crippen LogP contribution in [0.2, 0.25) is 0 Å². The van der Waals surface area contributed by atoms with Crippen molar-refractivity contribution in [2.24, 2.45) is 5.92 Å². The Bertz CT molecular complexity index is 437. The van der Waals surface area contributed by atoms with Crippen molar-refractivity contribution < 1.29 is 9.53 Å². The van der Waals surface area contributed by atoms with Crippen molar-refractivity contribution >= 4 is 28.0 Å². The molecule has 4 nitrogen and oxygen atoms in total. The molecule has 0 atom stereocenters. The Kier molecular flexibility index (Phi) is 4.69. The average Bonchev–Trinajstić information content (AvgIpc) is 2.74.